The maximum atomic E-state index is 11.8. The third-order valence-corrected chi connectivity index (χ3v) is 2.91. The van der Waals surface area contributed by atoms with E-state index in [1.807, 2.05) is 30.3 Å². The van der Waals surface area contributed by atoms with Crippen molar-refractivity contribution in [2.75, 3.05) is 0 Å². The zero-order valence-corrected chi connectivity index (χ0v) is 10.2. The van der Waals surface area contributed by atoms with Crippen LogP contribution in [0.1, 0.15) is 12.8 Å². The molecule has 0 saturated carbocycles. The molecule has 3 nitrogen and oxygen atoms in total. The number of nitrogens with two attached hydrogens (primary N) is 1. The second-order valence-corrected chi connectivity index (χ2v) is 4.48. The first-order valence-electron chi connectivity index (χ1n) is 5.55. The number of hydrogen-bond donors (Lipinski definition) is 1. The molecule has 0 aliphatic rings. The molecule has 1 heterocycles. The summed E-state index contributed by atoms with van der Waals surface area (Å²) in [5.41, 5.74) is 6.43. The van der Waals surface area contributed by atoms with Crippen LogP contribution in [0.4, 0.5) is 0 Å². The summed E-state index contributed by atoms with van der Waals surface area (Å²) in [5.74, 6) is 0. The van der Waals surface area contributed by atoms with Crippen LogP contribution in [0, 0.1) is 0 Å². The lowest BCUT2D eigenvalue weighted by atomic mass is 10.2. The zero-order valence-electron chi connectivity index (χ0n) is 9.43. The van der Waals surface area contributed by atoms with Gasteiger partial charge in [-0.25, -0.2) is 0 Å². The van der Waals surface area contributed by atoms with Crippen molar-refractivity contribution in [2.45, 2.75) is 19.4 Å². The van der Waals surface area contributed by atoms with E-state index in [-0.39, 0.29) is 5.56 Å². The van der Waals surface area contributed by atoms with Gasteiger partial charge >= 0.3 is 0 Å². The highest BCUT2D eigenvalue weighted by atomic mass is 32.1. The predicted molar refractivity (Wildman–Crippen MR) is 74.2 cm³/mol. The monoisotopic (exact) mass is 246 g/mol. The first kappa shape index (κ1) is 11.8. The van der Waals surface area contributed by atoms with Crippen molar-refractivity contribution in [1.82, 2.24) is 4.57 Å². The number of hydrogen-bond acceptors (Lipinski definition) is 2. The summed E-state index contributed by atoms with van der Waals surface area (Å²) < 4.78 is 1.77. The van der Waals surface area contributed by atoms with E-state index in [0.29, 0.717) is 18.0 Å². The highest BCUT2D eigenvalue weighted by Gasteiger charge is 2.02. The number of para-hydroxylation sites is 1. The van der Waals surface area contributed by atoms with Crippen LogP contribution >= 0.6 is 12.2 Å². The molecule has 0 unspecified atom stereocenters. The fraction of sp³-hybridized carbons (Fsp3) is 0.231. The van der Waals surface area contributed by atoms with Crippen LogP contribution in [0.5, 0.6) is 0 Å². The molecule has 0 radical (unpaired) electrons. The lowest BCUT2D eigenvalue weighted by molar-refractivity contribution is 0.659. The van der Waals surface area contributed by atoms with Gasteiger partial charge in [-0.2, -0.15) is 0 Å². The molecule has 0 spiro atoms. The largest absolute Gasteiger partial charge is 0.393 e. The van der Waals surface area contributed by atoms with Crippen molar-refractivity contribution in [2.24, 2.45) is 5.73 Å². The minimum atomic E-state index is 0.0200. The summed E-state index contributed by atoms with van der Waals surface area (Å²) in [4.78, 5) is 12.3. The van der Waals surface area contributed by atoms with Crippen molar-refractivity contribution in [1.29, 1.82) is 0 Å². The van der Waals surface area contributed by atoms with Gasteiger partial charge in [-0.3, -0.25) is 4.79 Å². The van der Waals surface area contributed by atoms with Gasteiger partial charge in [-0.15, -0.1) is 0 Å². The van der Waals surface area contributed by atoms with Crippen molar-refractivity contribution in [3.05, 3.63) is 46.8 Å². The Balaban J connectivity index is 2.34. The number of nitrogens with zero attached hydrogens (tertiary/aromatic N) is 1. The van der Waals surface area contributed by atoms with Crippen LogP contribution < -0.4 is 11.3 Å². The number of aryl methyl sites for hydroxylation is 1. The molecule has 2 aromatic rings. The summed E-state index contributed by atoms with van der Waals surface area (Å²) in [7, 11) is 0. The number of fused-ring (bicyclic) bond motifs is 1. The summed E-state index contributed by atoms with van der Waals surface area (Å²) in [6.45, 7) is 0.650. The van der Waals surface area contributed by atoms with Gasteiger partial charge in [0.05, 0.1) is 10.5 Å². The Hall–Kier alpha value is -1.68. The molecular weight excluding hydrogens is 232 g/mol. The standard InChI is InChI=1S/C13H14N2OS/c14-12(17)6-3-9-15-11-5-2-1-4-10(11)7-8-13(15)16/h1-2,4-5,7-8H,3,6,9H2,(H2,14,17). The number of rotatable bonds is 4. The van der Waals surface area contributed by atoms with E-state index in [4.69, 9.17) is 18.0 Å². The normalized spacial score (nSPS) is 10.6. The Bertz CT molecular complexity index is 604. The quantitative estimate of drug-likeness (QED) is 0.840. The molecule has 2 N–H and O–H groups in total. The number of aromatic nitrogens is 1. The average Bonchev–Trinajstić information content (AvgIpc) is 2.32. The van der Waals surface area contributed by atoms with Gasteiger partial charge < -0.3 is 10.3 Å². The summed E-state index contributed by atoms with van der Waals surface area (Å²) in [6.07, 6.45) is 1.47. The molecule has 0 aliphatic heterocycles. The van der Waals surface area contributed by atoms with Crippen LogP contribution in [0.25, 0.3) is 10.9 Å². The molecule has 4 heteroatoms. The average molecular weight is 246 g/mol. The Labute approximate surface area is 105 Å². The Morgan fingerprint density at radius 1 is 1.24 bits per heavy atom. The van der Waals surface area contributed by atoms with E-state index in [1.165, 1.54) is 0 Å². The SMILES string of the molecule is NC(=S)CCCn1c(=O)ccc2ccccc21. The predicted octanol–water partition coefficient (Wildman–Crippen LogP) is 2.07. The lowest BCUT2D eigenvalue weighted by Gasteiger charge is -2.09. The molecule has 0 amide bonds. The van der Waals surface area contributed by atoms with E-state index in [9.17, 15) is 4.79 Å². The van der Waals surface area contributed by atoms with Gasteiger partial charge in [0.2, 0.25) is 0 Å². The Kier molecular flexibility index (Phi) is 3.54. The van der Waals surface area contributed by atoms with Crippen molar-refractivity contribution in [3.8, 4) is 0 Å². The summed E-state index contributed by atoms with van der Waals surface area (Å²) >= 11 is 4.83. The Morgan fingerprint density at radius 3 is 2.76 bits per heavy atom. The van der Waals surface area contributed by atoms with Crippen LogP contribution in [0.2, 0.25) is 0 Å². The second kappa shape index (κ2) is 5.10. The second-order valence-electron chi connectivity index (χ2n) is 3.95. The number of benzene rings is 1. The summed E-state index contributed by atoms with van der Waals surface area (Å²) in [5, 5.41) is 1.07. The molecule has 0 fully saturated rings. The maximum Gasteiger partial charge on any atom is 0.251 e. The van der Waals surface area contributed by atoms with Gasteiger partial charge in [-0.1, -0.05) is 30.4 Å². The van der Waals surface area contributed by atoms with E-state index in [0.717, 1.165) is 17.3 Å². The molecule has 0 saturated heterocycles. The topological polar surface area (TPSA) is 48.0 Å². The van der Waals surface area contributed by atoms with Crippen LogP contribution in [0.15, 0.2) is 41.2 Å². The fourth-order valence-corrected chi connectivity index (χ4v) is 2.03. The lowest BCUT2D eigenvalue weighted by Crippen LogP contribution is -2.20. The number of pyridine rings is 1. The first-order valence-corrected chi connectivity index (χ1v) is 5.96. The molecular formula is C13H14N2OS. The molecule has 17 heavy (non-hydrogen) atoms. The first-order chi connectivity index (χ1) is 8.18. The molecule has 1 aromatic heterocycles. The smallest absolute Gasteiger partial charge is 0.251 e. The minimum absolute atomic E-state index is 0.0200. The van der Waals surface area contributed by atoms with E-state index >= 15 is 0 Å². The fourth-order valence-electron chi connectivity index (χ4n) is 1.89. The van der Waals surface area contributed by atoms with Crippen molar-refractivity contribution in [3.63, 3.8) is 0 Å². The van der Waals surface area contributed by atoms with E-state index in [1.54, 1.807) is 10.6 Å². The molecule has 88 valence electrons. The van der Waals surface area contributed by atoms with Crippen LogP contribution in [-0.4, -0.2) is 9.56 Å². The van der Waals surface area contributed by atoms with Gasteiger partial charge in [0.15, 0.2) is 0 Å². The Morgan fingerprint density at radius 2 is 2.00 bits per heavy atom. The third kappa shape index (κ3) is 2.71. The third-order valence-electron chi connectivity index (χ3n) is 2.70. The molecule has 2 rings (SSSR count). The van der Waals surface area contributed by atoms with E-state index < -0.39 is 0 Å². The molecule has 0 bridgehead atoms. The van der Waals surface area contributed by atoms with Gasteiger partial charge in [0.1, 0.15) is 0 Å². The van der Waals surface area contributed by atoms with E-state index in [2.05, 4.69) is 0 Å². The minimum Gasteiger partial charge on any atom is -0.393 e. The molecule has 0 atom stereocenters. The number of thiocarbonyl (C=S) groups is 1. The zero-order chi connectivity index (χ0) is 12.3. The van der Waals surface area contributed by atoms with Gasteiger partial charge in [0, 0.05) is 12.6 Å². The molecule has 0 aliphatic carbocycles. The van der Waals surface area contributed by atoms with Crippen molar-refractivity contribution >= 4 is 28.1 Å². The molecule has 1 aromatic carbocycles. The highest BCUT2D eigenvalue weighted by Crippen LogP contribution is 2.11. The van der Waals surface area contributed by atoms with Crippen LogP contribution in [-0.2, 0) is 6.54 Å². The van der Waals surface area contributed by atoms with Gasteiger partial charge in [0.25, 0.3) is 5.56 Å². The van der Waals surface area contributed by atoms with Gasteiger partial charge in [-0.05, 0) is 30.4 Å². The van der Waals surface area contributed by atoms with Crippen molar-refractivity contribution < 1.29 is 0 Å². The maximum absolute atomic E-state index is 11.8. The summed E-state index contributed by atoms with van der Waals surface area (Å²) in [6, 6.07) is 11.3. The highest BCUT2D eigenvalue weighted by molar-refractivity contribution is 7.80. The van der Waals surface area contributed by atoms with Crippen LogP contribution in [0.3, 0.4) is 0 Å².